The summed E-state index contributed by atoms with van der Waals surface area (Å²) in [4.78, 5) is 14.5. The van der Waals surface area contributed by atoms with Gasteiger partial charge in [0.1, 0.15) is 11.3 Å². The van der Waals surface area contributed by atoms with Crippen molar-refractivity contribution in [3.63, 3.8) is 0 Å². The fourth-order valence-corrected chi connectivity index (χ4v) is 1.46. The van der Waals surface area contributed by atoms with Gasteiger partial charge in [-0.25, -0.2) is 9.18 Å². The van der Waals surface area contributed by atoms with Crippen molar-refractivity contribution in [1.29, 1.82) is 0 Å². The van der Waals surface area contributed by atoms with Crippen LogP contribution in [0, 0.1) is 12.7 Å². The van der Waals surface area contributed by atoms with Gasteiger partial charge in [0.05, 0.1) is 5.56 Å². The molecule has 0 unspecified atom stereocenters. The van der Waals surface area contributed by atoms with E-state index in [0.717, 1.165) is 11.8 Å². The lowest BCUT2D eigenvalue weighted by Gasteiger charge is -2.01. The van der Waals surface area contributed by atoms with Crippen LogP contribution in [0.25, 0.3) is 10.9 Å². The van der Waals surface area contributed by atoms with Crippen molar-refractivity contribution in [2.75, 3.05) is 0 Å². The van der Waals surface area contributed by atoms with Crippen molar-refractivity contribution in [2.45, 2.75) is 6.92 Å². The Bertz CT molecular complexity index is 552. The van der Waals surface area contributed by atoms with Crippen molar-refractivity contribution >= 4 is 16.9 Å². The summed E-state index contributed by atoms with van der Waals surface area (Å²) in [6.07, 6.45) is 1.16. The highest BCUT2D eigenvalue weighted by Crippen LogP contribution is 2.18. The summed E-state index contributed by atoms with van der Waals surface area (Å²) in [5, 5.41) is 9.26. The molecule has 0 aliphatic heterocycles. The van der Waals surface area contributed by atoms with E-state index >= 15 is 0 Å². The highest BCUT2D eigenvalue weighted by Gasteiger charge is 2.08. The van der Waals surface area contributed by atoms with E-state index in [-0.39, 0.29) is 11.1 Å². The number of carbonyl (C=O) groups is 1. The number of carboxylic acid groups (broad SMARTS) is 1. The van der Waals surface area contributed by atoms with E-state index in [1.165, 1.54) is 12.1 Å². The Labute approximate surface area is 85.2 Å². The van der Waals surface area contributed by atoms with E-state index in [2.05, 4.69) is 4.98 Å². The second kappa shape index (κ2) is 3.31. The Balaban J connectivity index is 2.76. The standard InChI is InChI=1S/C11H8FNO2/c1-6-2-7-4-8(11(14)15)5-13-10(7)9(12)3-6/h2-5H,1H3,(H,14,15). The molecule has 15 heavy (non-hydrogen) atoms. The normalized spacial score (nSPS) is 10.5. The molecule has 2 aromatic rings. The maximum Gasteiger partial charge on any atom is 0.337 e. The van der Waals surface area contributed by atoms with Crippen molar-refractivity contribution < 1.29 is 14.3 Å². The minimum Gasteiger partial charge on any atom is -0.478 e. The van der Waals surface area contributed by atoms with Crippen molar-refractivity contribution in [3.05, 3.63) is 41.3 Å². The van der Waals surface area contributed by atoms with Gasteiger partial charge in [0.25, 0.3) is 0 Å². The molecular weight excluding hydrogens is 197 g/mol. The van der Waals surface area contributed by atoms with Crippen LogP contribution in [0.2, 0.25) is 0 Å². The summed E-state index contributed by atoms with van der Waals surface area (Å²) in [5.74, 6) is -1.49. The van der Waals surface area contributed by atoms with Gasteiger partial charge >= 0.3 is 5.97 Å². The van der Waals surface area contributed by atoms with E-state index in [9.17, 15) is 9.18 Å². The zero-order valence-corrected chi connectivity index (χ0v) is 7.99. The van der Waals surface area contributed by atoms with Crippen LogP contribution < -0.4 is 0 Å². The first kappa shape index (κ1) is 9.58. The zero-order valence-electron chi connectivity index (χ0n) is 7.99. The molecular formula is C11H8FNO2. The Hall–Kier alpha value is -1.97. The average Bonchev–Trinajstić information content (AvgIpc) is 2.16. The largest absolute Gasteiger partial charge is 0.478 e. The molecule has 0 aliphatic rings. The van der Waals surface area contributed by atoms with Gasteiger partial charge in [-0.15, -0.1) is 0 Å². The van der Waals surface area contributed by atoms with Gasteiger partial charge in [-0.1, -0.05) is 0 Å². The van der Waals surface area contributed by atoms with Gasteiger partial charge in [0.15, 0.2) is 0 Å². The highest BCUT2D eigenvalue weighted by molar-refractivity contribution is 5.92. The summed E-state index contributed by atoms with van der Waals surface area (Å²) >= 11 is 0. The number of rotatable bonds is 1. The molecule has 3 nitrogen and oxygen atoms in total. The van der Waals surface area contributed by atoms with Crippen LogP contribution in [0.5, 0.6) is 0 Å². The summed E-state index contributed by atoms with van der Waals surface area (Å²) < 4.78 is 13.4. The van der Waals surface area contributed by atoms with Crippen LogP contribution in [0.1, 0.15) is 15.9 Å². The number of fused-ring (bicyclic) bond motifs is 1. The Morgan fingerprint density at radius 2 is 2.13 bits per heavy atom. The second-order valence-corrected chi connectivity index (χ2v) is 3.35. The third-order valence-electron chi connectivity index (χ3n) is 2.13. The van der Waals surface area contributed by atoms with E-state index in [1.807, 2.05) is 0 Å². The smallest absolute Gasteiger partial charge is 0.337 e. The van der Waals surface area contributed by atoms with Crippen LogP contribution in [0.4, 0.5) is 4.39 Å². The number of aryl methyl sites for hydroxylation is 1. The van der Waals surface area contributed by atoms with Crippen molar-refractivity contribution in [1.82, 2.24) is 4.98 Å². The van der Waals surface area contributed by atoms with E-state index in [4.69, 9.17) is 5.11 Å². The topological polar surface area (TPSA) is 50.2 Å². The maximum atomic E-state index is 13.4. The molecule has 1 heterocycles. The lowest BCUT2D eigenvalue weighted by Crippen LogP contribution is -1.98. The molecule has 0 saturated heterocycles. The van der Waals surface area contributed by atoms with E-state index in [1.54, 1.807) is 13.0 Å². The number of aromatic carboxylic acids is 1. The number of benzene rings is 1. The van der Waals surface area contributed by atoms with Crippen LogP contribution in [-0.2, 0) is 0 Å². The van der Waals surface area contributed by atoms with E-state index < -0.39 is 11.8 Å². The molecule has 0 amide bonds. The number of hydrogen-bond donors (Lipinski definition) is 1. The van der Waals surface area contributed by atoms with Crippen molar-refractivity contribution in [3.8, 4) is 0 Å². The fourth-order valence-electron chi connectivity index (χ4n) is 1.46. The quantitative estimate of drug-likeness (QED) is 0.777. The number of nitrogens with zero attached hydrogens (tertiary/aromatic N) is 1. The zero-order chi connectivity index (χ0) is 11.0. The Morgan fingerprint density at radius 1 is 1.40 bits per heavy atom. The molecule has 0 fully saturated rings. The first-order valence-electron chi connectivity index (χ1n) is 4.37. The first-order chi connectivity index (χ1) is 7.08. The van der Waals surface area contributed by atoms with Crippen LogP contribution in [0.15, 0.2) is 24.4 Å². The van der Waals surface area contributed by atoms with E-state index in [0.29, 0.717) is 5.39 Å². The number of halogens is 1. The summed E-state index contributed by atoms with van der Waals surface area (Å²) in [6, 6.07) is 4.49. The molecule has 1 N–H and O–H groups in total. The lowest BCUT2D eigenvalue weighted by molar-refractivity contribution is 0.0696. The number of pyridine rings is 1. The number of aromatic nitrogens is 1. The second-order valence-electron chi connectivity index (χ2n) is 3.35. The third kappa shape index (κ3) is 1.66. The van der Waals surface area contributed by atoms with Crippen LogP contribution in [-0.4, -0.2) is 16.1 Å². The highest BCUT2D eigenvalue weighted by atomic mass is 19.1. The van der Waals surface area contributed by atoms with Gasteiger partial charge in [0, 0.05) is 11.6 Å². The van der Waals surface area contributed by atoms with Gasteiger partial charge in [0.2, 0.25) is 0 Å². The fraction of sp³-hybridized carbons (Fsp3) is 0.0909. The SMILES string of the molecule is Cc1cc(F)c2ncc(C(=O)O)cc2c1. The molecule has 0 spiro atoms. The lowest BCUT2D eigenvalue weighted by atomic mass is 10.1. The molecule has 0 saturated carbocycles. The minimum atomic E-state index is -1.06. The van der Waals surface area contributed by atoms with Crippen LogP contribution in [0.3, 0.4) is 0 Å². The predicted molar refractivity (Wildman–Crippen MR) is 53.4 cm³/mol. The summed E-state index contributed by atoms with van der Waals surface area (Å²) in [5.41, 5.74) is 1.00. The maximum absolute atomic E-state index is 13.4. The monoisotopic (exact) mass is 205 g/mol. The number of hydrogen-bond acceptors (Lipinski definition) is 2. The molecule has 0 radical (unpaired) electrons. The van der Waals surface area contributed by atoms with Gasteiger partial charge in [-0.3, -0.25) is 4.98 Å². The Kier molecular flexibility index (Phi) is 2.11. The summed E-state index contributed by atoms with van der Waals surface area (Å²) in [6.45, 7) is 1.75. The molecule has 76 valence electrons. The third-order valence-corrected chi connectivity index (χ3v) is 2.13. The first-order valence-corrected chi connectivity index (χ1v) is 4.37. The molecule has 1 aromatic heterocycles. The predicted octanol–water partition coefficient (Wildman–Crippen LogP) is 2.38. The molecule has 4 heteroatoms. The van der Waals surface area contributed by atoms with Gasteiger partial charge < -0.3 is 5.11 Å². The number of carboxylic acids is 1. The summed E-state index contributed by atoms with van der Waals surface area (Å²) in [7, 11) is 0. The van der Waals surface area contributed by atoms with Crippen LogP contribution >= 0.6 is 0 Å². The molecule has 0 atom stereocenters. The Morgan fingerprint density at radius 3 is 2.80 bits per heavy atom. The molecule has 0 aliphatic carbocycles. The van der Waals surface area contributed by atoms with Crippen molar-refractivity contribution in [2.24, 2.45) is 0 Å². The van der Waals surface area contributed by atoms with Gasteiger partial charge in [-0.05, 0) is 30.7 Å². The minimum absolute atomic E-state index is 0.0625. The molecule has 1 aromatic carbocycles. The van der Waals surface area contributed by atoms with Gasteiger partial charge in [-0.2, -0.15) is 0 Å². The average molecular weight is 205 g/mol. The molecule has 2 rings (SSSR count). The molecule has 0 bridgehead atoms.